The summed E-state index contributed by atoms with van der Waals surface area (Å²) in [7, 11) is -2.49. The van der Waals surface area contributed by atoms with E-state index in [0.717, 1.165) is 12.2 Å². The molecule has 0 amide bonds. The lowest BCUT2D eigenvalue weighted by Crippen LogP contribution is -2.36. The summed E-state index contributed by atoms with van der Waals surface area (Å²) in [6.07, 6.45) is 1.82. The van der Waals surface area contributed by atoms with Crippen molar-refractivity contribution in [2.24, 2.45) is 0 Å². The van der Waals surface area contributed by atoms with Gasteiger partial charge in [0.15, 0.2) is 0 Å². The van der Waals surface area contributed by atoms with Crippen molar-refractivity contribution in [3.05, 3.63) is 42.5 Å². The zero-order valence-corrected chi connectivity index (χ0v) is 13.0. The Hall–Kier alpha value is -2.19. The first kappa shape index (κ1) is 17.9. The average Bonchev–Trinajstić information content (AvgIpc) is 2.51. The SMILES string of the molecule is COC(=O)/C=C/C(=O)OCC(C)NS(=O)(=O)c1ccccc1. The number of carbonyl (C=O) groups excluding carboxylic acids is 2. The van der Waals surface area contributed by atoms with Gasteiger partial charge in [0.2, 0.25) is 10.0 Å². The van der Waals surface area contributed by atoms with Crippen LogP contribution in [-0.2, 0) is 29.1 Å². The molecule has 1 unspecified atom stereocenters. The van der Waals surface area contributed by atoms with Crippen molar-refractivity contribution < 1.29 is 27.5 Å². The Kier molecular flexibility index (Phi) is 6.74. The Bertz CT molecular complexity index is 639. The van der Waals surface area contributed by atoms with Gasteiger partial charge in [-0.3, -0.25) is 0 Å². The van der Waals surface area contributed by atoms with Crippen LogP contribution in [0.4, 0.5) is 0 Å². The van der Waals surface area contributed by atoms with E-state index in [1.807, 2.05) is 0 Å². The molecule has 0 aliphatic rings. The monoisotopic (exact) mass is 327 g/mol. The van der Waals surface area contributed by atoms with Gasteiger partial charge >= 0.3 is 11.9 Å². The number of rotatable bonds is 7. The second kappa shape index (κ2) is 8.30. The van der Waals surface area contributed by atoms with E-state index in [4.69, 9.17) is 4.74 Å². The summed E-state index contributed by atoms with van der Waals surface area (Å²) >= 11 is 0. The number of benzene rings is 1. The van der Waals surface area contributed by atoms with Crippen LogP contribution in [0, 0.1) is 0 Å². The molecule has 0 aliphatic carbocycles. The topological polar surface area (TPSA) is 98.8 Å². The molecule has 0 saturated heterocycles. The zero-order valence-electron chi connectivity index (χ0n) is 12.2. The van der Waals surface area contributed by atoms with Gasteiger partial charge in [-0.15, -0.1) is 0 Å². The van der Waals surface area contributed by atoms with Gasteiger partial charge in [0.25, 0.3) is 0 Å². The maximum absolute atomic E-state index is 12.0. The summed E-state index contributed by atoms with van der Waals surface area (Å²) < 4.78 is 35.5. The lowest BCUT2D eigenvalue weighted by molar-refractivity contribution is -0.139. The molecule has 1 N–H and O–H groups in total. The molecule has 0 radical (unpaired) electrons. The maximum Gasteiger partial charge on any atom is 0.331 e. The molecule has 1 atom stereocenters. The zero-order chi connectivity index (χ0) is 16.6. The van der Waals surface area contributed by atoms with Gasteiger partial charge in [0.05, 0.1) is 18.0 Å². The summed E-state index contributed by atoms with van der Waals surface area (Å²) in [6.45, 7) is 1.38. The molecule has 0 saturated carbocycles. The van der Waals surface area contributed by atoms with Crippen LogP contribution in [0.5, 0.6) is 0 Å². The summed E-state index contributed by atoms with van der Waals surface area (Å²) in [6, 6.07) is 7.21. The highest BCUT2D eigenvalue weighted by Gasteiger charge is 2.17. The van der Waals surface area contributed by atoms with E-state index in [1.165, 1.54) is 19.2 Å². The van der Waals surface area contributed by atoms with Crippen LogP contribution in [0.15, 0.2) is 47.4 Å². The molecule has 120 valence electrons. The molecule has 0 fully saturated rings. The lowest BCUT2D eigenvalue weighted by atomic mass is 10.4. The highest BCUT2D eigenvalue weighted by molar-refractivity contribution is 7.89. The minimum atomic E-state index is -3.67. The minimum Gasteiger partial charge on any atom is -0.466 e. The molecular formula is C14H17NO6S. The van der Waals surface area contributed by atoms with Crippen LogP contribution >= 0.6 is 0 Å². The fourth-order valence-corrected chi connectivity index (χ4v) is 2.68. The Morgan fingerprint density at radius 1 is 1.18 bits per heavy atom. The van der Waals surface area contributed by atoms with E-state index in [9.17, 15) is 18.0 Å². The Labute approximate surface area is 129 Å². The van der Waals surface area contributed by atoms with E-state index < -0.39 is 28.0 Å². The molecular weight excluding hydrogens is 310 g/mol. The molecule has 1 aromatic rings. The molecule has 1 rings (SSSR count). The van der Waals surface area contributed by atoms with Crippen LogP contribution in [0.2, 0.25) is 0 Å². The molecule has 0 aliphatic heterocycles. The first-order valence-electron chi connectivity index (χ1n) is 6.35. The molecule has 0 bridgehead atoms. The molecule has 1 aromatic carbocycles. The third kappa shape index (κ3) is 6.06. The van der Waals surface area contributed by atoms with Gasteiger partial charge in [-0.05, 0) is 19.1 Å². The van der Waals surface area contributed by atoms with Crippen molar-refractivity contribution in [1.29, 1.82) is 0 Å². The number of esters is 2. The Balaban J connectivity index is 2.50. The van der Waals surface area contributed by atoms with Crippen molar-refractivity contribution in [2.75, 3.05) is 13.7 Å². The number of sulfonamides is 1. The normalized spacial score (nSPS) is 12.8. The third-order valence-corrected chi connectivity index (χ3v) is 4.05. The van der Waals surface area contributed by atoms with Crippen LogP contribution in [0.25, 0.3) is 0 Å². The molecule has 0 heterocycles. The van der Waals surface area contributed by atoms with Crippen LogP contribution in [-0.4, -0.2) is 40.1 Å². The molecule has 0 aromatic heterocycles. The second-order valence-corrected chi connectivity index (χ2v) is 6.04. The smallest absolute Gasteiger partial charge is 0.331 e. The van der Waals surface area contributed by atoms with Gasteiger partial charge in [-0.2, -0.15) is 0 Å². The average molecular weight is 327 g/mol. The van der Waals surface area contributed by atoms with Crippen molar-refractivity contribution in [3.63, 3.8) is 0 Å². The van der Waals surface area contributed by atoms with E-state index in [2.05, 4.69) is 9.46 Å². The molecule has 8 heteroatoms. The fraction of sp³-hybridized carbons (Fsp3) is 0.286. The summed E-state index contributed by atoms with van der Waals surface area (Å²) in [5.74, 6) is -1.45. The number of ether oxygens (including phenoxy) is 2. The number of carbonyl (C=O) groups is 2. The number of hydrogen-bond acceptors (Lipinski definition) is 6. The molecule has 22 heavy (non-hydrogen) atoms. The van der Waals surface area contributed by atoms with Gasteiger partial charge in [0.1, 0.15) is 6.61 Å². The summed E-state index contributed by atoms with van der Waals surface area (Å²) in [5, 5.41) is 0. The largest absolute Gasteiger partial charge is 0.466 e. The first-order valence-corrected chi connectivity index (χ1v) is 7.83. The summed E-state index contributed by atoms with van der Waals surface area (Å²) in [5.41, 5.74) is 0. The third-order valence-electron chi connectivity index (χ3n) is 2.44. The van der Waals surface area contributed by atoms with Crippen LogP contribution in [0.3, 0.4) is 0 Å². The maximum atomic E-state index is 12.0. The highest BCUT2D eigenvalue weighted by Crippen LogP contribution is 2.08. The predicted octanol–water partition coefficient (Wildman–Crippen LogP) is 0.626. The van der Waals surface area contributed by atoms with Gasteiger partial charge in [-0.25, -0.2) is 22.7 Å². The van der Waals surface area contributed by atoms with Gasteiger partial charge in [-0.1, -0.05) is 18.2 Å². The van der Waals surface area contributed by atoms with E-state index in [1.54, 1.807) is 25.1 Å². The van der Waals surface area contributed by atoms with Gasteiger partial charge in [0, 0.05) is 12.2 Å². The van der Waals surface area contributed by atoms with Gasteiger partial charge < -0.3 is 9.47 Å². The second-order valence-electron chi connectivity index (χ2n) is 4.32. The standard InChI is InChI=1S/C14H17NO6S/c1-11(10-21-14(17)9-8-13(16)20-2)15-22(18,19)12-6-4-3-5-7-12/h3-9,11,15H,10H2,1-2H3/b9-8+. The highest BCUT2D eigenvalue weighted by atomic mass is 32.2. The number of methoxy groups -OCH3 is 1. The van der Waals surface area contributed by atoms with E-state index in [0.29, 0.717) is 0 Å². The van der Waals surface area contributed by atoms with Crippen LogP contribution < -0.4 is 4.72 Å². The number of nitrogens with one attached hydrogen (secondary N) is 1. The number of hydrogen-bond donors (Lipinski definition) is 1. The fourth-order valence-electron chi connectivity index (χ4n) is 1.43. The lowest BCUT2D eigenvalue weighted by Gasteiger charge is -2.13. The Morgan fingerprint density at radius 3 is 2.36 bits per heavy atom. The quantitative estimate of drug-likeness (QED) is 0.582. The predicted molar refractivity (Wildman–Crippen MR) is 78.3 cm³/mol. The molecule has 0 spiro atoms. The molecule has 7 nitrogen and oxygen atoms in total. The van der Waals surface area contributed by atoms with E-state index >= 15 is 0 Å². The van der Waals surface area contributed by atoms with Crippen LogP contribution in [0.1, 0.15) is 6.92 Å². The first-order chi connectivity index (χ1) is 10.3. The Morgan fingerprint density at radius 2 is 1.77 bits per heavy atom. The minimum absolute atomic E-state index is 0.124. The van der Waals surface area contributed by atoms with Crippen molar-refractivity contribution >= 4 is 22.0 Å². The summed E-state index contributed by atoms with van der Waals surface area (Å²) in [4.78, 5) is 22.2. The van der Waals surface area contributed by atoms with E-state index in [-0.39, 0.29) is 11.5 Å². The van der Waals surface area contributed by atoms with Crippen molar-refractivity contribution in [3.8, 4) is 0 Å². The van der Waals surface area contributed by atoms with Crippen molar-refractivity contribution in [2.45, 2.75) is 17.9 Å². The van der Waals surface area contributed by atoms with Crippen molar-refractivity contribution in [1.82, 2.24) is 4.72 Å².